The molecule has 162 valence electrons. The van der Waals surface area contributed by atoms with Crippen molar-refractivity contribution in [3.05, 3.63) is 42.5 Å². The quantitative estimate of drug-likeness (QED) is 0.618. The van der Waals surface area contributed by atoms with Crippen LogP contribution in [0.25, 0.3) is 0 Å². The van der Waals surface area contributed by atoms with Crippen LogP contribution in [0.5, 0.6) is 5.75 Å². The highest BCUT2D eigenvalue weighted by Crippen LogP contribution is 2.22. The minimum Gasteiger partial charge on any atom is -0.497 e. The maximum Gasteiger partial charge on any atom is 0.410 e. The van der Waals surface area contributed by atoms with Crippen molar-refractivity contribution < 1.29 is 14.3 Å². The second-order valence-corrected chi connectivity index (χ2v) is 8.54. The zero-order valence-corrected chi connectivity index (χ0v) is 18.7. The summed E-state index contributed by atoms with van der Waals surface area (Å²) >= 11 is 0. The predicted molar refractivity (Wildman–Crippen MR) is 117 cm³/mol. The van der Waals surface area contributed by atoms with Crippen LogP contribution in [-0.4, -0.2) is 79.3 Å². The topological polar surface area (TPSA) is 45.2 Å². The van der Waals surface area contributed by atoms with Gasteiger partial charge in [-0.25, -0.2) is 4.79 Å². The lowest BCUT2D eigenvalue weighted by Crippen LogP contribution is -2.51. The summed E-state index contributed by atoms with van der Waals surface area (Å²) in [6.07, 6.45) is 1.75. The summed E-state index contributed by atoms with van der Waals surface area (Å²) in [7, 11) is 1.69. The number of piperazine rings is 1. The minimum absolute atomic E-state index is 0.210. The second kappa shape index (κ2) is 10.6. The number of carbonyl (C=O) groups excluding carboxylic acids is 1. The highest BCUT2D eigenvalue weighted by molar-refractivity contribution is 5.68. The molecule has 0 unspecified atom stereocenters. The third kappa shape index (κ3) is 7.37. The van der Waals surface area contributed by atoms with Crippen LogP contribution in [0.3, 0.4) is 0 Å². The van der Waals surface area contributed by atoms with E-state index in [0.717, 1.165) is 38.5 Å². The molecule has 0 spiro atoms. The molecule has 1 aliphatic rings. The summed E-state index contributed by atoms with van der Waals surface area (Å²) in [5, 5.41) is 0. The number of methoxy groups -OCH3 is 1. The molecule has 0 saturated carbocycles. The fourth-order valence-corrected chi connectivity index (χ4v) is 3.45. The molecule has 1 atom stereocenters. The van der Waals surface area contributed by atoms with E-state index in [9.17, 15) is 4.79 Å². The van der Waals surface area contributed by atoms with Gasteiger partial charge in [-0.05, 0) is 45.4 Å². The van der Waals surface area contributed by atoms with Crippen molar-refractivity contribution in [3.63, 3.8) is 0 Å². The Kier molecular flexibility index (Phi) is 8.53. The number of rotatable bonds is 8. The van der Waals surface area contributed by atoms with Crippen molar-refractivity contribution in [2.75, 3.05) is 52.9 Å². The van der Waals surface area contributed by atoms with Crippen LogP contribution in [0.15, 0.2) is 36.9 Å². The SMILES string of the molecule is C=CCN(CCN1CCN(C(=O)OC(C)(C)C)CC1)[C@H](C)c1ccc(OC)cc1. The van der Waals surface area contributed by atoms with Crippen LogP contribution in [0.2, 0.25) is 0 Å². The first kappa shape index (κ1) is 23.2. The second-order valence-electron chi connectivity index (χ2n) is 8.54. The standard InChI is InChI=1S/C23H37N3O3/c1-7-12-25(19(2)20-8-10-21(28-6)11-9-20)16-13-24-14-17-26(18-15-24)22(27)29-23(3,4)5/h7-11,19H,1,12-18H2,2-6H3/t19-/m1/s1. The summed E-state index contributed by atoms with van der Waals surface area (Å²) in [5.74, 6) is 0.874. The maximum atomic E-state index is 12.2. The van der Waals surface area contributed by atoms with Gasteiger partial charge in [-0.1, -0.05) is 18.2 Å². The van der Waals surface area contributed by atoms with Crippen LogP contribution in [0.1, 0.15) is 39.3 Å². The van der Waals surface area contributed by atoms with E-state index in [2.05, 4.69) is 35.4 Å². The monoisotopic (exact) mass is 403 g/mol. The van der Waals surface area contributed by atoms with Crippen molar-refractivity contribution in [1.29, 1.82) is 0 Å². The average Bonchev–Trinajstić information content (AvgIpc) is 2.69. The van der Waals surface area contributed by atoms with Crippen molar-refractivity contribution in [2.45, 2.75) is 39.3 Å². The van der Waals surface area contributed by atoms with Gasteiger partial charge in [0.25, 0.3) is 0 Å². The number of amides is 1. The predicted octanol–water partition coefficient (Wildman–Crippen LogP) is 3.80. The first-order valence-corrected chi connectivity index (χ1v) is 10.4. The molecule has 1 aromatic carbocycles. The van der Waals surface area contributed by atoms with Gasteiger partial charge in [0.05, 0.1) is 7.11 Å². The normalized spacial score (nSPS) is 16.6. The molecule has 6 nitrogen and oxygen atoms in total. The number of carbonyl (C=O) groups is 1. The Bertz CT molecular complexity index is 646. The van der Waals surface area contributed by atoms with E-state index >= 15 is 0 Å². The Morgan fingerprint density at radius 2 is 1.83 bits per heavy atom. The largest absolute Gasteiger partial charge is 0.497 e. The van der Waals surface area contributed by atoms with Crippen LogP contribution in [-0.2, 0) is 4.74 Å². The van der Waals surface area contributed by atoms with Crippen LogP contribution in [0, 0.1) is 0 Å². The Balaban J connectivity index is 1.84. The highest BCUT2D eigenvalue weighted by atomic mass is 16.6. The smallest absolute Gasteiger partial charge is 0.410 e. The number of hydrogen-bond donors (Lipinski definition) is 0. The zero-order chi connectivity index (χ0) is 21.4. The van der Waals surface area contributed by atoms with E-state index in [1.165, 1.54) is 5.56 Å². The molecule has 0 radical (unpaired) electrons. The lowest BCUT2D eigenvalue weighted by molar-refractivity contribution is 0.0136. The van der Waals surface area contributed by atoms with Gasteiger partial charge in [0, 0.05) is 51.9 Å². The van der Waals surface area contributed by atoms with Crippen LogP contribution >= 0.6 is 0 Å². The molecule has 1 saturated heterocycles. The maximum absolute atomic E-state index is 12.2. The molecule has 6 heteroatoms. The highest BCUT2D eigenvalue weighted by Gasteiger charge is 2.26. The first-order valence-electron chi connectivity index (χ1n) is 10.4. The minimum atomic E-state index is -0.447. The van der Waals surface area contributed by atoms with E-state index in [4.69, 9.17) is 9.47 Å². The molecule has 0 aromatic heterocycles. The van der Waals surface area contributed by atoms with Crippen LogP contribution < -0.4 is 4.74 Å². The van der Waals surface area contributed by atoms with E-state index < -0.39 is 5.60 Å². The van der Waals surface area contributed by atoms with Gasteiger partial charge < -0.3 is 14.4 Å². The van der Waals surface area contributed by atoms with E-state index in [1.807, 2.05) is 43.9 Å². The molecule has 2 rings (SSSR count). The van der Waals surface area contributed by atoms with E-state index in [1.54, 1.807) is 7.11 Å². The van der Waals surface area contributed by atoms with E-state index in [0.29, 0.717) is 19.1 Å². The Hall–Kier alpha value is -2.05. The summed E-state index contributed by atoms with van der Waals surface area (Å²) in [4.78, 5) is 18.9. The van der Waals surface area contributed by atoms with Crippen molar-refractivity contribution in [3.8, 4) is 5.75 Å². The van der Waals surface area contributed by atoms with Gasteiger partial charge in [-0.2, -0.15) is 0 Å². The molecular formula is C23H37N3O3. The van der Waals surface area contributed by atoms with Gasteiger partial charge in [-0.3, -0.25) is 9.80 Å². The molecule has 1 aromatic rings. The van der Waals surface area contributed by atoms with Gasteiger partial charge in [0.15, 0.2) is 0 Å². The third-order valence-corrected chi connectivity index (χ3v) is 5.24. The molecule has 0 bridgehead atoms. The number of hydrogen-bond acceptors (Lipinski definition) is 5. The summed E-state index contributed by atoms with van der Waals surface area (Å²) in [6.45, 7) is 17.8. The molecule has 1 fully saturated rings. The lowest BCUT2D eigenvalue weighted by atomic mass is 10.1. The molecule has 0 N–H and O–H groups in total. The summed E-state index contributed by atoms with van der Waals surface area (Å²) in [6, 6.07) is 8.56. The number of ether oxygens (including phenoxy) is 2. The van der Waals surface area contributed by atoms with E-state index in [-0.39, 0.29) is 6.09 Å². The van der Waals surface area contributed by atoms with Gasteiger partial charge in [0.2, 0.25) is 0 Å². The number of nitrogens with zero attached hydrogens (tertiary/aromatic N) is 3. The van der Waals surface area contributed by atoms with Gasteiger partial charge >= 0.3 is 6.09 Å². The summed E-state index contributed by atoms with van der Waals surface area (Å²) < 4.78 is 10.7. The zero-order valence-electron chi connectivity index (χ0n) is 18.7. The van der Waals surface area contributed by atoms with Crippen molar-refractivity contribution in [1.82, 2.24) is 14.7 Å². The Morgan fingerprint density at radius 1 is 1.21 bits per heavy atom. The van der Waals surface area contributed by atoms with Crippen molar-refractivity contribution >= 4 is 6.09 Å². The van der Waals surface area contributed by atoms with Crippen molar-refractivity contribution in [2.24, 2.45) is 0 Å². The Labute approximate surface area is 176 Å². The molecule has 29 heavy (non-hydrogen) atoms. The van der Waals surface area contributed by atoms with Gasteiger partial charge in [-0.15, -0.1) is 6.58 Å². The number of benzene rings is 1. The fourth-order valence-electron chi connectivity index (χ4n) is 3.45. The third-order valence-electron chi connectivity index (χ3n) is 5.24. The molecule has 1 aliphatic heterocycles. The molecule has 0 aliphatic carbocycles. The average molecular weight is 404 g/mol. The molecule has 1 heterocycles. The van der Waals surface area contributed by atoms with Crippen LogP contribution in [0.4, 0.5) is 4.79 Å². The van der Waals surface area contributed by atoms with Gasteiger partial charge in [0.1, 0.15) is 11.4 Å². The fraction of sp³-hybridized carbons (Fsp3) is 0.609. The first-order chi connectivity index (χ1) is 13.7. The molecule has 1 amide bonds. The Morgan fingerprint density at radius 3 is 2.34 bits per heavy atom. The lowest BCUT2D eigenvalue weighted by Gasteiger charge is -2.37. The summed E-state index contributed by atoms with van der Waals surface area (Å²) in [5.41, 5.74) is 0.819. The molecular weight excluding hydrogens is 366 g/mol.